The van der Waals surface area contributed by atoms with Gasteiger partial charge < -0.3 is 20.4 Å². The van der Waals surface area contributed by atoms with E-state index >= 15 is 0 Å². The number of nitrogens with one attached hydrogen (secondary N) is 2. The van der Waals surface area contributed by atoms with Crippen molar-refractivity contribution < 1.29 is 4.79 Å². The number of likely N-dealkylation sites (N-methyl/N-ethyl adjacent to an activating group) is 1. The number of carbonyl (C=O) groups is 1. The first-order valence-corrected chi connectivity index (χ1v) is 12.6. The number of thiocarbonyl (C=S) groups is 1. The van der Waals surface area contributed by atoms with Crippen LogP contribution in [0.4, 0.5) is 11.4 Å². The Morgan fingerprint density at radius 1 is 1.00 bits per heavy atom. The van der Waals surface area contributed by atoms with Crippen LogP contribution in [0.2, 0.25) is 0 Å². The third-order valence-electron chi connectivity index (χ3n) is 8.26. The number of anilines is 2. The summed E-state index contributed by atoms with van der Waals surface area (Å²) in [5.74, 6) is 2.69. The highest BCUT2D eigenvalue weighted by Crippen LogP contribution is 2.61. The van der Waals surface area contributed by atoms with Crippen molar-refractivity contribution in [3.63, 3.8) is 0 Å². The van der Waals surface area contributed by atoms with Crippen LogP contribution in [0, 0.1) is 23.2 Å². The summed E-state index contributed by atoms with van der Waals surface area (Å²) in [6.45, 7) is 7.73. The Kier molecular flexibility index (Phi) is 5.95. The predicted molar refractivity (Wildman–Crippen MR) is 130 cm³/mol. The largest absolute Gasteiger partial charge is 0.369 e. The minimum atomic E-state index is 0.0878. The van der Waals surface area contributed by atoms with Crippen molar-refractivity contribution in [3.8, 4) is 0 Å². The number of piperazine rings is 1. The predicted octanol–water partition coefficient (Wildman–Crippen LogP) is 4.25. The average Bonchev–Trinajstić information content (AvgIpc) is 2.73. The normalized spacial score (nSPS) is 32.2. The highest BCUT2D eigenvalue weighted by atomic mass is 32.1. The molecule has 0 atom stereocenters. The molecular weight excluding hydrogens is 404 g/mol. The van der Waals surface area contributed by atoms with Gasteiger partial charge in [-0.3, -0.25) is 4.79 Å². The van der Waals surface area contributed by atoms with Gasteiger partial charge in [0.25, 0.3) is 0 Å². The lowest BCUT2D eigenvalue weighted by atomic mass is 9.49. The summed E-state index contributed by atoms with van der Waals surface area (Å²) in [7, 11) is 0. The van der Waals surface area contributed by atoms with E-state index in [0.717, 1.165) is 56.2 Å². The molecule has 168 valence electrons. The lowest BCUT2D eigenvalue weighted by molar-refractivity contribution is -0.127. The van der Waals surface area contributed by atoms with E-state index in [2.05, 4.69) is 51.6 Å². The van der Waals surface area contributed by atoms with Crippen LogP contribution in [0.5, 0.6) is 0 Å². The van der Waals surface area contributed by atoms with Crippen LogP contribution >= 0.6 is 12.2 Å². The number of carbonyl (C=O) groups excluding carboxylic acids is 1. The Bertz CT molecular complexity index is 780. The van der Waals surface area contributed by atoms with Crippen molar-refractivity contribution in [2.24, 2.45) is 23.2 Å². The summed E-state index contributed by atoms with van der Waals surface area (Å²) >= 11 is 5.45. The molecule has 6 heteroatoms. The number of rotatable bonds is 5. The van der Waals surface area contributed by atoms with Crippen LogP contribution in [0.3, 0.4) is 0 Å². The van der Waals surface area contributed by atoms with E-state index in [0.29, 0.717) is 11.5 Å². The zero-order valence-electron chi connectivity index (χ0n) is 18.7. The van der Waals surface area contributed by atoms with Crippen LogP contribution in [0.25, 0.3) is 0 Å². The Hall–Kier alpha value is -1.66. The zero-order chi connectivity index (χ0) is 21.4. The lowest BCUT2D eigenvalue weighted by Gasteiger charge is -2.56. The van der Waals surface area contributed by atoms with Crippen LogP contribution in [-0.4, -0.2) is 48.6 Å². The lowest BCUT2D eigenvalue weighted by Crippen LogP contribution is -2.48. The second-order valence-corrected chi connectivity index (χ2v) is 11.0. The van der Waals surface area contributed by atoms with E-state index in [1.165, 1.54) is 44.2 Å². The molecule has 1 saturated heterocycles. The number of hydrogen-bond donors (Lipinski definition) is 2. The molecule has 5 aliphatic rings. The molecular formula is C25H36N4OS. The summed E-state index contributed by atoms with van der Waals surface area (Å²) < 4.78 is 0. The van der Waals surface area contributed by atoms with Crippen LogP contribution in [0.1, 0.15) is 51.9 Å². The zero-order valence-corrected chi connectivity index (χ0v) is 19.6. The quantitative estimate of drug-likeness (QED) is 0.671. The van der Waals surface area contributed by atoms with Gasteiger partial charge in [0.15, 0.2) is 5.11 Å². The number of benzene rings is 1. The molecule has 1 heterocycles. The van der Waals surface area contributed by atoms with E-state index < -0.39 is 0 Å². The molecule has 1 aliphatic heterocycles. The van der Waals surface area contributed by atoms with Gasteiger partial charge in [0.05, 0.1) is 0 Å². The topological polar surface area (TPSA) is 47.6 Å². The van der Waals surface area contributed by atoms with Gasteiger partial charge in [-0.1, -0.05) is 6.92 Å². The fourth-order valence-corrected chi connectivity index (χ4v) is 7.49. The summed E-state index contributed by atoms with van der Waals surface area (Å²) in [5, 5.41) is 6.57. The van der Waals surface area contributed by atoms with Crippen molar-refractivity contribution in [1.82, 2.24) is 10.2 Å². The van der Waals surface area contributed by atoms with Crippen LogP contribution in [0.15, 0.2) is 24.3 Å². The first-order chi connectivity index (χ1) is 15.0. The van der Waals surface area contributed by atoms with E-state index in [1.54, 1.807) is 0 Å². The molecule has 0 radical (unpaired) electrons. The van der Waals surface area contributed by atoms with Gasteiger partial charge in [0.1, 0.15) is 0 Å². The fraction of sp³-hybridized carbons (Fsp3) is 0.680. The second-order valence-electron chi connectivity index (χ2n) is 10.6. The molecule has 31 heavy (non-hydrogen) atoms. The monoisotopic (exact) mass is 440 g/mol. The summed E-state index contributed by atoms with van der Waals surface area (Å²) in [4.78, 5) is 17.7. The van der Waals surface area contributed by atoms with Gasteiger partial charge in [-0.2, -0.15) is 0 Å². The van der Waals surface area contributed by atoms with Crippen molar-refractivity contribution in [2.45, 2.75) is 51.9 Å². The van der Waals surface area contributed by atoms with Gasteiger partial charge in [-0.25, -0.2) is 0 Å². The maximum absolute atomic E-state index is 12.8. The van der Waals surface area contributed by atoms with Crippen LogP contribution < -0.4 is 15.5 Å². The van der Waals surface area contributed by atoms with Crippen molar-refractivity contribution in [1.29, 1.82) is 0 Å². The number of hydrogen-bond acceptors (Lipinski definition) is 4. The van der Waals surface area contributed by atoms with Gasteiger partial charge in [0, 0.05) is 44.0 Å². The standard InChI is InChI=1S/C25H36N4OS/c1-2-28-7-9-29(10-8-28)22-5-3-21(4-6-22)26-24(31)27-23(30)17-25-14-18-11-19(15-25)13-20(12-18)16-25/h3-6,18-20H,2,7-17H2,1H3,(H2,26,27,30,31). The molecule has 0 spiro atoms. The van der Waals surface area contributed by atoms with Crippen LogP contribution in [-0.2, 0) is 4.79 Å². The molecule has 0 aromatic heterocycles. The first kappa shape index (κ1) is 21.2. The molecule has 5 fully saturated rings. The smallest absolute Gasteiger partial charge is 0.226 e. The number of nitrogens with zero attached hydrogens (tertiary/aromatic N) is 2. The maximum atomic E-state index is 12.8. The molecule has 4 bridgehead atoms. The molecule has 4 saturated carbocycles. The Labute approximate surface area is 191 Å². The third kappa shape index (κ3) is 4.75. The van der Waals surface area contributed by atoms with Crippen molar-refractivity contribution in [3.05, 3.63) is 24.3 Å². The van der Waals surface area contributed by atoms with E-state index in [-0.39, 0.29) is 11.3 Å². The van der Waals surface area contributed by atoms with E-state index in [1.807, 2.05) is 0 Å². The molecule has 2 N–H and O–H groups in total. The highest BCUT2D eigenvalue weighted by Gasteiger charge is 2.51. The molecule has 0 unspecified atom stereocenters. The molecule has 1 aromatic rings. The Balaban J connectivity index is 1.11. The molecule has 4 aliphatic carbocycles. The summed E-state index contributed by atoms with van der Waals surface area (Å²) in [6, 6.07) is 8.39. The highest BCUT2D eigenvalue weighted by molar-refractivity contribution is 7.80. The van der Waals surface area contributed by atoms with Crippen molar-refractivity contribution in [2.75, 3.05) is 42.9 Å². The Morgan fingerprint density at radius 2 is 1.58 bits per heavy atom. The SMILES string of the molecule is CCN1CCN(c2ccc(NC(=S)NC(=O)CC34CC5CC(CC(C5)C3)C4)cc2)CC1. The third-order valence-corrected chi connectivity index (χ3v) is 8.47. The average molecular weight is 441 g/mol. The van der Waals surface area contributed by atoms with Gasteiger partial charge in [-0.05, 0) is 105 Å². The second kappa shape index (κ2) is 8.70. The van der Waals surface area contributed by atoms with Crippen molar-refractivity contribution >= 4 is 34.6 Å². The molecule has 6 rings (SSSR count). The summed E-state index contributed by atoms with van der Waals surface area (Å²) in [5.41, 5.74) is 2.42. The summed E-state index contributed by atoms with van der Waals surface area (Å²) in [6.07, 6.45) is 8.62. The first-order valence-electron chi connectivity index (χ1n) is 12.2. The van der Waals surface area contributed by atoms with E-state index in [4.69, 9.17) is 12.2 Å². The molecule has 5 nitrogen and oxygen atoms in total. The maximum Gasteiger partial charge on any atom is 0.226 e. The van der Waals surface area contributed by atoms with Gasteiger partial charge in [0.2, 0.25) is 5.91 Å². The minimum absolute atomic E-state index is 0.0878. The van der Waals surface area contributed by atoms with E-state index in [9.17, 15) is 4.79 Å². The van der Waals surface area contributed by atoms with Gasteiger partial charge in [-0.15, -0.1) is 0 Å². The molecule has 1 amide bonds. The fourth-order valence-electron chi connectivity index (χ4n) is 7.26. The minimum Gasteiger partial charge on any atom is -0.369 e. The number of amides is 1. The Morgan fingerprint density at radius 3 is 2.13 bits per heavy atom. The molecule has 1 aromatic carbocycles. The van der Waals surface area contributed by atoms with Gasteiger partial charge >= 0.3 is 0 Å².